The summed E-state index contributed by atoms with van der Waals surface area (Å²) >= 11 is 1.74. The molecule has 0 bridgehead atoms. The molecule has 7 nitrogen and oxygen atoms in total. The summed E-state index contributed by atoms with van der Waals surface area (Å²) in [6.45, 7) is 1.10. The summed E-state index contributed by atoms with van der Waals surface area (Å²) in [7, 11) is 1.64. The largest absolute Gasteiger partial charge is 0.497 e. The third kappa shape index (κ3) is 4.80. The molecule has 1 aromatic carbocycles. The average molecular weight is 356 g/mol. The van der Waals surface area contributed by atoms with E-state index >= 15 is 0 Å². The number of nitrogens with one attached hydrogen (secondary N) is 2. The van der Waals surface area contributed by atoms with Gasteiger partial charge in [0.15, 0.2) is 11.8 Å². The highest BCUT2D eigenvalue weighted by Crippen LogP contribution is 2.18. The van der Waals surface area contributed by atoms with Gasteiger partial charge in [-0.15, -0.1) is 11.3 Å². The van der Waals surface area contributed by atoms with Gasteiger partial charge in [-0.05, 0) is 42.1 Å². The first-order valence-corrected chi connectivity index (χ1v) is 8.74. The number of hydrogen-bond donors (Lipinski definition) is 3. The van der Waals surface area contributed by atoms with Gasteiger partial charge in [0.2, 0.25) is 0 Å². The number of guanidine groups is 1. The molecular formula is C17H20N6OS. The fourth-order valence-corrected chi connectivity index (χ4v) is 2.93. The second-order valence-electron chi connectivity index (χ2n) is 5.29. The molecule has 130 valence electrons. The van der Waals surface area contributed by atoms with E-state index in [1.54, 1.807) is 18.4 Å². The summed E-state index contributed by atoms with van der Waals surface area (Å²) in [5.41, 5.74) is 6.79. The molecule has 0 spiro atoms. The fourth-order valence-electron chi connectivity index (χ4n) is 2.22. The summed E-state index contributed by atoms with van der Waals surface area (Å²) in [5, 5.41) is 12.3. The van der Waals surface area contributed by atoms with Gasteiger partial charge in [-0.3, -0.25) is 5.10 Å². The van der Waals surface area contributed by atoms with Crippen LogP contribution in [-0.2, 0) is 13.0 Å². The third-order valence-electron chi connectivity index (χ3n) is 3.54. The zero-order valence-electron chi connectivity index (χ0n) is 13.9. The maximum Gasteiger partial charge on any atom is 0.189 e. The van der Waals surface area contributed by atoms with E-state index in [0.29, 0.717) is 24.2 Å². The summed E-state index contributed by atoms with van der Waals surface area (Å²) in [4.78, 5) is 10.0. The predicted molar refractivity (Wildman–Crippen MR) is 99.7 cm³/mol. The molecule has 0 saturated carbocycles. The molecule has 0 unspecified atom stereocenters. The summed E-state index contributed by atoms with van der Waals surface area (Å²) in [6, 6.07) is 11.7. The lowest BCUT2D eigenvalue weighted by Crippen LogP contribution is -2.33. The molecule has 0 atom stereocenters. The van der Waals surface area contributed by atoms with E-state index in [2.05, 4.69) is 36.9 Å². The van der Waals surface area contributed by atoms with Crippen LogP contribution in [0.5, 0.6) is 5.75 Å². The van der Waals surface area contributed by atoms with Crippen LogP contribution in [0.3, 0.4) is 0 Å². The van der Waals surface area contributed by atoms with Crippen LogP contribution in [-0.4, -0.2) is 34.8 Å². The van der Waals surface area contributed by atoms with Crippen LogP contribution in [0.15, 0.2) is 46.8 Å². The molecule has 0 aliphatic carbocycles. The molecule has 4 N–H and O–H groups in total. The van der Waals surface area contributed by atoms with Crippen LogP contribution < -0.4 is 15.8 Å². The van der Waals surface area contributed by atoms with E-state index in [1.165, 1.54) is 4.88 Å². The van der Waals surface area contributed by atoms with Crippen molar-refractivity contribution in [2.24, 2.45) is 10.7 Å². The Bertz CT molecular complexity index is 810. The first-order valence-electron chi connectivity index (χ1n) is 7.86. The number of H-pyrrole nitrogens is 1. The molecule has 0 fully saturated rings. The van der Waals surface area contributed by atoms with Crippen molar-refractivity contribution in [1.29, 1.82) is 0 Å². The minimum Gasteiger partial charge on any atom is -0.497 e. The molecule has 2 heterocycles. The number of aliphatic imine (C=N–C) groups is 1. The number of hydrogen-bond acceptors (Lipinski definition) is 5. The second kappa shape index (κ2) is 8.29. The SMILES string of the molecule is COc1ccc(-c2n[nH]c(CN=C(N)NCCc3cccs3)n2)cc1. The van der Waals surface area contributed by atoms with Gasteiger partial charge in [0.25, 0.3) is 0 Å². The number of thiophene rings is 1. The lowest BCUT2D eigenvalue weighted by molar-refractivity contribution is 0.415. The average Bonchev–Trinajstić information content (AvgIpc) is 3.32. The monoisotopic (exact) mass is 356 g/mol. The Morgan fingerprint density at radius 2 is 2.16 bits per heavy atom. The molecule has 0 amide bonds. The molecule has 3 aromatic rings. The van der Waals surface area contributed by atoms with Crippen molar-refractivity contribution in [2.45, 2.75) is 13.0 Å². The van der Waals surface area contributed by atoms with Gasteiger partial charge >= 0.3 is 0 Å². The third-order valence-corrected chi connectivity index (χ3v) is 4.47. The minimum atomic E-state index is 0.348. The Morgan fingerprint density at radius 3 is 2.88 bits per heavy atom. The molecule has 0 radical (unpaired) electrons. The molecule has 8 heteroatoms. The van der Waals surface area contributed by atoms with Gasteiger partial charge in [-0.25, -0.2) is 9.98 Å². The lowest BCUT2D eigenvalue weighted by Gasteiger charge is -2.03. The number of nitrogens with two attached hydrogens (primary N) is 1. The first-order chi connectivity index (χ1) is 12.2. The zero-order chi connectivity index (χ0) is 17.5. The minimum absolute atomic E-state index is 0.348. The van der Waals surface area contributed by atoms with E-state index in [1.807, 2.05) is 30.3 Å². The maximum atomic E-state index is 5.88. The van der Waals surface area contributed by atoms with Crippen LogP contribution in [0.1, 0.15) is 10.7 Å². The molecule has 25 heavy (non-hydrogen) atoms. The highest BCUT2D eigenvalue weighted by Gasteiger charge is 2.06. The van der Waals surface area contributed by atoms with Gasteiger partial charge in [-0.1, -0.05) is 6.07 Å². The number of benzene rings is 1. The quantitative estimate of drug-likeness (QED) is 0.445. The van der Waals surface area contributed by atoms with Crippen LogP contribution >= 0.6 is 11.3 Å². The predicted octanol–water partition coefficient (Wildman–Crippen LogP) is 2.19. The smallest absolute Gasteiger partial charge is 0.189 e. The normalized spacial score (nSPS) is 11.5. The summed E-state index contributed by atoms with van der Waals surface area (Å²) in [6.07, 6.45) is 0.928. The van der Waals surface area contributed by atoms with Crippen molar-refractivity contribution in [3.8, 4) is 17.1 Å². The first kappa shape index (κ1) is 17.0. The zero-order valence-corrected chi connectivity index (χ0v) is 14.7. The summed E-state index contributed by atoms with van der Waals surface area (Å²) < 4.78 is 5.14. The van der Waals surface area contributed by atoms with E-state index < -0.39 is 0 Å². The van der Waals surface area contributed by atoms with Gasteiger partial charge in [0.05, 0.1) is 7.11 Å². The van der Waals surface area contributed by atoms with Crippen molar-refractivity contribution in [2.75, 3.05) is 13.7 Å². The van der Waals surface area contributed by atoms with Gasteiger partial charge < -0.3 is 15.8 Å². The van der Waals surface area contributed by atoms with E-state index in [-0.39, 0.29) is 0 Å². The van der Waals surface area contributed by atoms with Crippen LogP contribution in [0.2, 0.25) is 0 Å². The van der Waals surface area contributed by atoms with Crippen molar-refractivity contribution in [3.63, 3.8) is 0 Å². The van der Waals surface area contributed by atoms with E-state index in [0.717, 1.165) is 24.3 Å². The Balaban J connectivity index is 1.51. The van der Waals surface area contributed by atoms with Gasteiger partial charge in [-0.2, -0.15) is 5.10 Å². The topological polar surface area (TPSA) is 101 Å². The molecule has 0 saturated heterocycles. The second-order valence-corrected chi connectivity index (χ2v) is 6.32. The van der Waals surface area contributed by atoms with E-state index in [4.69, 9.17) is 10.5 Å². The molecule has 0 aliphatic heterocycles. The molecule has 0 aliphatic rings. The number of nitrogens with zero attached hydrogens (tertiary/aromatic N) is 3. The Morgan fingerprint density at radius 1 is 1.32 bits per heavy atom. The molecule has 2 aromatic heterocycles. The van der Waals surface area contributed by atoms with Crippen molar-refractivity contribution in [1.82, 2.24) is 20.5 Å². The fraction of sp³-hybridized carbons (Fsp3) is 0.235. The summed E-state index contributed by atoms with van der Waals surface area (Å²) in [5.74, 6) is 2.48. The maximum absolute atomic E-state index is 5.88. The lowest BCUT2D eigenvalue weighted by atomic mass is 10.2. The van der Waals surface area contributed by atoms with Crippen LogP contribution in [0.4, 0.5) is 0 Å². The van der Waals surface area contributed by atoms with Crippen molar-refractivity contribution < 1.29 is 4.74 Å². The highest BCUT2D eigenvalue weighted by atomic mass is 32.1. The van der Waals surface area contributed by atoms with Crippen molar-refractivity contribution in [3.05, 3.63) is 52.5 Å². The number of rotatable bonds is 7. The standard InChI is InChI=1S/C17H20N6OS/c1-24-13-6-4-12(5-7-13)16-21-15(22-23-16)11-20-17(18)19-9-8-14-3-2-10-25-14/h2-7,10H,8-9,11H2,1H3,(H3,18,19,20)(H,21,22,23). The van der Waals surface area contributed by atoms with Gasteiger partial charge in [0.1, 0.15) is 18.1 Å². The highest BCUT2D eigenvalue weighted by molar-refractivity contribution is 7.09. The number of aromatic amines is 1. The Kier molecular flexibility index (Phi) is 5.63. The number of aromatic nitrogens is 3. The number of ether oxygens (including phenoxy) is 1. The Labute approximate surface area is 150 Å². The van der Waals surface area contributed by atoms with E-state index in [9.17, 15) is 0 Å². The Hall–Kier alpha value is -2.87. The van der Waals surface area contributed by atoms with Crippen molar-refractivity contribution >= 4 is 17.3 Å². The van der Waals surface area contributed by atoms with Crippen LogP contribution in [0, 0.1) is 0 Å². The molecule has 3 rings (SSSR count). The number of methoxy groups -OCH3 is 1. The molecular weight excluding hydrogens is 336 g/mol. The van der Waals surface area contributed by atoms with Gasteiger partial charge in [0, 0.05) is 17.0 Å². The van der Waals surface area contributed by atoms with Crippen LogP contribution in [0.25, 0.3) is 11.4 Å².